The molecular formula is C20H23N3O3S. The fourth-order valence-electron chi connectivity index (χ4n) is 2.37. The molecule has 1 unspecified atom stereocenters. The predicted molar refractivity (Wildman–Crippen MR) is 107 cm³/mol. The molecule has 2 rings (SSSR count). The Kier molecular flexibility index (Phi) is 6.97. The topological polar surface area (TPSA) is 75.5 Å². The predicted octanol–water partition coefficient (Wildman–Crippen LogP) is 3.77. The van der Waals surface area contributed by atoms with E-state index in [1.54, 1.807) is 39.2 Å². The minimum Gasteiger partial charge on any atom is -0.490 e. The van der Waals surface area contributed by atoms with Crippen LogP contribution in [-0.2, 0) is 4.79 Å². The smallest absolute Gasteiger partial charge is 0.262 e. The van der Waals surface area contributed by atoms with Crippen LogP contribution in [0.2, 0.25) is 0 Å². The summed E-state index contributed by atoms with van der Waals surface area (Å²) in [4.78, 5) is 17.9. The van der Waals surface area contributed by atoms with Crippen molar-refractivity contribution < 1.29 is 14.3 Å². The molecule has 0 aliphatic rings. The van der Waals surface area contributed by atoms with Crippen molar-refractivity contribution in [1.29, 1.82) is 5.26 Å². The summed E-state index contributed by atoms with van der Waals surface area (Å²) in [7, 11) is 3.37. The Bertz CT molecular complexity index is 881. The lowest BCUT2D eigenvalue weighted by Crippen LogP contribution is -2.35. The van der Waals surface area contributed by atoms with Gasteiger partial charge in [-0.2, -0.15) is 5.26 Å². The molecule has 0 fully saturated rings. The molecule has 0 bridgehead atoms. The van der Waals surface area contributed by atoms with Crippen LogP contribution in [0.5, 0.6) is 11.5 Å². The van der Waals surface area contributed by atoms with Crippen LogP contribution in [0.15, 0.2) is 23.6 Å². The number of amides is 1. The van der Waals surface area contributed by atoms with Gasteiger partial charge in [0.1, 0.15) is 11.1 Å². The lowest BCUT2D eigenvalue weighted by Gasteiger charge is -2.20. The standard InChI is InChI=1S/C20H23N3O3S/c1-6-25-18-10-15(9-16(11-21)19-22-13(2)12-27-19)7-8-17(18)26-14(3)20(24)23(4)5/h7-10,12,14H,6H2,1-5H3. The maximum absolute atomic E-state index is 12.0. The number of carbonyl (C=O) groups excluding carboxylic acids is 1. The molecule has 1 heterocycles. The van der Waals surface area contributed by atoms with Crippen molar-refractivity contribution in [3.05, 3.63) is 39.8 Å². The fraction of sp³-hybridized carbons (Fsp3) is 0.350. The van der Waals surface area contributed by atoms with Gasteiger partial charge < -0.3 is 14.4 Å². The van der Waals surface area contributed by atoms with E-state index in [0.717, 1.165) is 11.3 Å². The number of hydrogen-bond donors (Lipinski definition) is 0. The molecule has 0 saturated carbocycles. The van der Waals surface area contributed by atoms with Gasteiger partial charge in [0.25, 0.3) is 5.91 Å². The van der Waals surface area contributed by atoms with E-state index < -0.39 is 6.10 Å². The second-order valence-electron chi connectivity index (χ2n) is 6.10. The zero-order valence-corrected chi connectivity index (χ0v) is 17.0. The average molecular weight is 385 g/mol. The third kappa shape index (κ3) is 5.31. The molecule has 0 saturated heterocycles. The Labute approximate surface area is 163 Å². The van der Waals surface area contributed by atoms with Gasteiger partial charge in [-0.3, -0.25) is 4.79 Å². The first-order valence-corrected chi connectivity index (χ1v) is 9.42. The molecule has 6 nitrogen and oxygen atoms in total. The van der Waals surface area contributed by atoms with Crippen LogP contribution in [0.4, 0.5) is 0 Å². The Morgan fingerprint density at radius 3 is 2.70 bits per heavy atom. The van der Waals surface area contributed by atoms with E-state index in [-0.39, 0.29) is 5.91 Å². The Balaban J connectivity index is 2.32. The van der Waals surface area contributed by atoms with E-state index in [2.05, 4.69) is 11.1 Å². The van der Waals surface area contributed by atoms with Crippen molar-refractivity contribution >= 4 is 28.9 Å². The first-order chi connectivity index (χ1) is 12.8. The number of carbonyl (C=O) groups is 1. The van der Waals surface area contributed by atoms with Crippen LogP contribution in [0.25, 0.3) is 11.6 Å². The second-order valence-corrected chi connectivity index (χ2v) is 6.95. The molecule has 0 aliphatic carbocycles. The van der Waals surface area contributed by atoms with E-state index in [0.29, 0.717) is 28.7 Å². The van der Waals surface area contributed by atoms with Gasteiger partial charge in [0.05, 0.1) is 12.2 Å². The molecule has 0 spiro atoms. The fourth-order valence-corrected chi connectivity index (χ4v) is 3.13. The summed E-state index contributed by atoms with van der Waals surface area (Å²) in [6.45, 7) is 5.92. The van der Waals surface area contributed by atoms with Crippen LogP contribution >= 0.6 is 11.3 Å². The number of likely N-dealkylation sites (N-methyl/N-ethyl adjacent to an activating group) is 1. The average Bonchev–Trinajstić information content (AvgIpc) is 3.07. The number of thiazole rings is 1. The first kappa shape index (κ1) is 20.5. The number of nitrogens with zero attached hydrogens (tertiary/aromatic N) is 3. The van der Waals surface area contributed by atoms with Gasteiger partial charge in [-0.05, 0) is 44.5 Å². The number of rotatable bonds is 7. The number of nitriles is 1. The molecule has 1 aromatic heterocycles. The molecule has 2 aromatic rings. The maximum Gasteiger partial charge on any atom is 0.262 e. The summed E-state index contributed by atoms with van der Waals surface area (Å²) >= 11 is 1.43. The summed E-state index contributed by atoms with van der Waals surface area (Å²) in [5, 5.41) is 12.0. The van der Waals surface area contributed by atoms with Crippen molar-refractivity contribution in [3.8, 4) is 17.6 Å². The molecule has 142 valence electrons. The van der Waals surface area contributed by atoms with Crippen molar-refractivity contribution in [3.63, 3.8) is 0 Å². The molecule has 1 atom stereocenters. The SMILES string of the molecule is CCOc1cc(C=C(C#N)c2nc(C)cs2)ccc1OC(C)C(=O)N(C)C. The monoisotopic (exact) mass is 385 g/mol. The highest BCUT2D eigenvalue weighted by Gasteiger charge is 2.19. The molecule has 0 aliphatic heterocycles. The van der Waals surface area contributed by atoms with Gasteiger partial charge in [-0.15, -0.1) is 11.3 Å². The van der Waals surface area contributed by atoms with Gasteiger partial charge >= 0.3 is 0 Å². The number of benzene rings is 1. The van der Waals surface area contributed by atoms with E-state index in [1.807, 2.05) is 25.3 Å². The highest BCUT2D eigenvalue weighted by atomic mass is 32.1. The lowest BCUT2D eigenvalue weighted by molar-refractivity contribution is -0.135. The third-order valence-electron chi connectivity index (χ3n) is 3.64. The number of aromatic nitrogens is 1. The quantitative estimate of drug-likeness (QED) is 0.678. The lowest BCUT2D eigenvalue weighted by atomic mass is 10.1. The first-order valence-electron chi connectivity index (χ1n) is 8.54. The minimum absolute atomic E-state index is 0.132. The summed E-state index contributed by atoms with van der Waals surface area (Å²) in [5.74, 6) is 0.880. The van der Waals surface area contributed by atoms with Crippen LogP contribution < -0.4 is 9.47 Å². The Morgan fingerprint density at radius 1 is 1.41 bits per heavy atom. The van der Waals surface area contributed by atoms with E-state index >= 15 is 0 Å². The normalized spacial score (nSPS) is 12.2. The zero-order chi connectivity index (χ0) is 20.0. The third-order valence-corrected chi connectivity index (χ3v) is 4.63. The summed E-state index contributed by atoms with van der Waals surface area (Å²) in [5.41, 5.74) is 2.16. The summed E-state index contributed by atoms with van der Waals surface area (Å²) in [6.07, 6.45) is 1.13. The molecule has 0 radical (unpaired) electrons. The second kappa shape index (κ2) is 9.19. The van der Waals surface area contributed by atoms with Crippen LogP contribution in [-0.4, -0.2) is 42.6 Å². The van der Waals surface area contributed by atoms with Crippen molar-refractivity contribution in [1.82, 2.24) is 9.88 Å². The number of allylic oxidation sites excluding steroid dienone is 1. The molecule has 0 N–H and O–H groups in total. The van der Waals surface area contributed by atoms with Crippen molar-refractivity contribution in [2.24, 2.45) is 0 Å². The van der Waals surface area contributed by atoms with Crippen molar-refractivity contribution in [2.45, 2.75) is 26.9 Å². The number of hydrogen-bond acceptors (Lipinski definition) is 6. The van der Waals surface area contributed by atoms with Gasteiger partial charge in [0.15, 0.2) is 17.6 Å². The van der Waals surface area contributed by atoms with Gasteiger partial charge in [0.2, 0.25) is 0 Å². The van der Waals surface area contributed by atoms with Crippen LogP contribution in [0, 0.1) is 18.3 Å². The van der Waals surface area contributed by atoms with Crippen LogP contribution in [0.3, 0.4) is 0 Å². The molecular weight excluding hydrogens is 362 g/mol. The molecule has 1 aromatic carbocycles. The van der Waals surface area contributed by atoms with E-state index in [4.69, 9.17) is 9.47 Å². The molecule has 1 amide bonds. The van der Waals surface area contributed by atoms with E-state index in [9.17, 15) is 10.1 Å². The minimum atomic E-state index is -0.631. The Morgan fingerprint density at radius 2 is 2.15 bits per heavy atom. The number of aryl methyl sites for hydroxylation is 1. The molecule has 7 heteroatoms. The van der Waals surface area contributed by atoms with Crippen LogP contribution in [0.1, 0.15) is 30.1 Å². The van der Waals surface area contributed by atoms with Gasteiger partial charge in [-0.25, -0.2) is 4.98 Å². The number of ether oxygens (including phenoxy) is 2. The zero-order valence-electron chi connectivity index (χ0n) is 16.1. The maximum atomic E-state index is 12.0. The van der Waals surface area contributed by atoms with Crippen molar-refractivity contribution in [2.75, 3.05) is 20.7 Å². The summed E-state index contributed by atoms with van der Waals surface area (Å²) in [6, 6.07) is 7.56. The van der Waals surface area contributed by atoms with Gasteiger partial charge in [-0.1, -0.05) is 6.07 Å². The highest BCUT2D eigenvalue weighted by Crippen LogP contribution is 2.31. The largest absolute Gasteiger partial charge is 0.490 e. The highest BCUT2D eigenvalue weighted by molar-refractivity contribution is 7.11. The van der Waals surface area contributed by atoms with Gasteiger partial charge in [0, 0.05) is 25.2 Å². The Hall–Kier alpha value is -2.85. The molecule has 27 heavy (non-hydrogen) atoms. The van der Waals surface area contributed by atoms with E-state index in [1.165, 1.54) is 16.2 Å². The summed E-state index contributed by atoms with van der Waals surface area (Å²) < 4.78 is 11.5.